The molecule has 0 saturated heterocycles. The van der Waals surface area contributed by atoms with Crippen molar-refractivity contribution in [2.24, 2.45) is 11.7 Å². The van der Waals surface area contributed by atoms with Gasteiger partial charge in [-0.3, -0.25) is 5.41 Å². The van der Waals surface area contributed by atoms with E-state index in [1.807, 2.05) is 6.92 Å². The van der Waals surface area contributed by atoms with Crippen molar-refractivity contribution >= 4 is 5.84 Å². The molecule has 0 saturated carbocycles. The fourth-order valence-electron chi connectivity index (χ4n) is 1.27. The Morgan fingerprint density at radius 1 is 1.44 bits per heavy atom. The van der Waals surface area contributed by atoms with Gasteiger partial charge in [0.05, 0.1) is 6.61 Å². The van der Waals surface area contributed by atoms with E-state index in [1.165, 1.54) is 0 Å². The van der Waals surface area contributed by atoms with Gasteiger partial charge in [0.1, 0.15) is 11.6 Å². The van der Waals surface area contributed by atoms with E-state index in [2.05, 4.69) is 0 Å². The molecule has 4 nitrogen and oxygen atoms in total. The zero-order valence-electron chi connectivity index (χ0n) is 9.44. The summed E-state index contributed by atoms with van der Waals surface area (Å²) >= 11 is 0. The first kappa shape index (κ1) is 12.5. The van der Waals surface area contributed by atoms with Gasteiger partial charge in [0.25, 0.3) is 0 Å². The quantitative estimate of drug-likeness (QED) is 0.502. The number of rotatable bonds is 6. The summed E-state index contributed by atoms with van der Waals surface area (Å²) in [5.74, 6) is 1.15. The van der Waals surface area contributed by atoms with Gasteiger partial charge in [-0.15, -0.1) is 0 Å². The van der Waals surface area contributed by atoms with Gasteiger partial charge < -0.3 is 15.6 Å². The molecule has 1 rings (SSSR count). The van der Waals surface area contributed by atoms with Gasteiger partial charge >= 0.3 is 0 Å². The lowest BCUT2D eigenvalue weighted by molar-refractivity contribution is 0.208. The normalized spacial score (nSPS) is 12.1. The maximum absolute atomic E-state index is 8.74. The maximum atomic E-state index is 8.74. The van der Waals surface area contributed by atoms with Gasteiger partial charge in [-0.2, -0.15) is 0 Å². The molecule has 1 atom stereocenters. The maximum Gasteiger partial charge on any atom is 0.122 e. The first-order chi connectivity index (χ1) is 7.63. The Balaban J connectivity index is 2.46. The Kier molecular flexibility index (Phi) is 4.79. The molecule has 0 spiro atoms. The molecule has 4 heteroatoms. The Hall–Kier alpha value is -1.55. The molecule has 4 N–H and O–H groups in total. The molecular weight excluding hydrogens is 204 g/mol. The summed E-state index contributed by atoms with van der Waals surface area (Å²) in [5, 5.41) is 16.0. The molecule has 0 aromatic heterocycles. The van der Waals surface area contributed by atoms with Crippen molar-refractivity contribution in [3.8, 4) is 5.75 Å². The molecule has 1 aromatic rings. The van der Waals surface area contributed by atoms with Crippen LogP contribution in [0.4, 0.5) is 0 Å². The van der Waals surface area contributed by atoms with E-state index < -0.39 is 0 Å². The van der Waals surface area contributed by atoms with E-state index in [1.54, 1.807) is 24.3 Å². The lowest BCUT2D eigenvalue weighted by Gasteiger charge is -2.11. The number of nitrogens with two attached hydrogens (primary N) is 1. The highest BCUT2D eigenvalue weighted by Crippen LogP contribution is 2.13. The Bertz CT molecular complexity index is 335. The number of hydrogen-bond donors (Lipinski definition) is 3. The van der Waals surface area contributed by atoms with Crippen molar-refractivity contribution in [1.82, 2.24) is 0 Å². The molecule has 1 aromatic carbocycles. The second-order valence-corrected chi connectivity index (χ2v) is 3.87. The standard InChI is InChI=1S/C12H18N2O2/c1-9(6-7-15)8-16-11-4-2-10(3-5-11)12(13)14/h2-5,9,15H,6-8H2,1H3,(H3,13,14)/t9-/m0/s1. The second-order valence-electron chi connectivity index (χ2n) is 3.87. The van der Waals surface area contributed by atoms with Crippen molar-refractivity contribution in [2.75, 3.05) is 13.2 Å². The fraction of sp³-hybridized carbons (Fsp3) is 0.417. The summed E-state index contributed by atoms with van der Waals surface area (Å²) in [7, 11) is 0. The summed E-state index contributed by atoms with van der Waals surface area (Å²) in [6.45, 7) is 2.80. The van der Waals surface area contributed by atoms with E-state index in [-0.39, 0.29) is 12.4 Å². The van der Waals surface area contributed by atoms with E-state index in [4.69, 9.17) is 21.0 Å². The van der Waals surface area contributed by atoms with E-state index in [9.17, 15) is 0 Å². The molecule has 0 radical (unpaired) electrons. The number of ether oxygens (including phenoxy) is 1. The van der Waals surface area contributed by atoms with Gasteiger partial charge in [0.2, 0.25) is 0 Å². The fourth-order valence-corrected chi connectivity index (χ4v) is 1.27. The van der Waals surface area contributed by atoms with Crippen molar-refractivity contribution in [3.63, 3.8) is 0 Å². The van der Waals surface area contributed by atoms with Gasteiger partial charge in [-0.05, 0) is 36.6 Å². The minimum absolute atomic E-state index is 0.0557. The van der Waals surface area contributed by atoms with Gasteiger partial charge in [-0.1, -0.05) is 6.92 Å². The van der Waals surface area contributed by atoms with E-state index in [0.29, 0.717) is 18.1 Å². The summed E-state index contributed by atoms with van der Waals surface area (Å²) in [5.41, 5.74) is 6.03. The van der Waals surface area contributed by atoms with Crippen LogP contribution in [0.5, 0.6) is 5.75 Å². The number of nitrogen functional groups attached to an aromatic ring is 1. The average Bonchev–Trinajstić information content (AvgIpc) is 2.27. The SMILES string of the molecule is C[C@@H](CCO)COc1ccc(C(=N)N)cc1. The minimum atomic E-state index is 0.0557. The highest BCUT2D eigenvalue weighted by atomic mass is 16.5. The summed E-state index contributed by atoms with van der Waals surface area (Å²) < 4.78 is 5.53. The second kappa shape index (κ2) is 6.12. The minimum Gasteiger partial charge on any atom is -0.493 e. The molecule has 88 valence electrons. The van der Waals surface area contributed by atoms with Gasteiger partial charge in [0, 0.05) is 12.2 Å². The molecule has 0 amide bonds. The molecule has 0 aliphatic carbocycles. The van der Waals surface area contributed by atoms with Crippen LogP contribution in [0.2, 0.25) is 0 Å². The van der Waals surface area contributed by atoms with Crippen LogP contribution >= 0.6 is 0 Å². The highest BCUT2D eigenvalue weighted by molar-refractivity contribution is 5.94. The molecule has 0 heterocycles. The lowest BCUT2D eigenvalue weighted by Crippen LogP contribution is -2.12. The first-order valence-corrected chi connectivity index (χ1v) is 5.31. The predicted molar refractivity (Wildman–Crippen MR) is 63.8 cm³/mol. The summed E-state index contributed by atoms with van der Waals surface area (Å²) in [4.78, 5) is 0. The van der Waals surface area contributed by atoms with Crippen molar-refractivity contribution in [1.29, 1.82) is 5.41 Å². The number of aliphatic hydroxyl groups is 1. The third-order valence-electron chi connectivity index (χ3n) is 2.32. The number of aliphatic hydroxyl groups excluding tert-OH is 1. The number of benzene rings is 1. The molecule has 16 heavy (non-hydrogen) atoms. The van der Waals surface area contributed by atoms with Crippen molar-refractivity contribution < 1.29 is 9.84 Å². The number of hydrogen-bond acceptors (Lipinski definition) is 3. The zero-order valence-corrected chi connectivity index (χ0v) is 9.44. The molecular formula is C12H18N2O2. The molecule has 0 unspecified atom stereocenters. The van der Waals surface area contributed by atoms with Gasteiger partial charge in [0.15, 0.2) is 0 Å². The van der Waals surface area contributed by atoms with E-state index in [0.717, 1.165) is 12.2 Å². The van der Waals surface area contributed by atoms with Crippen molar-refractivity contribution in [3.05, 3.63) is 29.8 Å². The topological polar surface area (TPSA) is 79.3 Å². The van der Waals surface area contributed by atoms with Crippen LogP contribution in [0, 0.1) is 11.3 Å². The zero-order chi connectivity index (χ0) is 12.0. The first-order valence-electron chi connectivity index (χ1n) is 5.31. The van der Waals surface area contributed by atoms with Crippen LogP contribution in [0.1, 0.15) is 18.9 Å². The van der Waals surface area contributed by atoms with Crippen LogP contribution in [-0.2, 0) is 0 Å². The van der Waals surface area contributed by atoms with Crippen molar-refractivity contribution in [2.45, 2.75) is 13.3 Å². The lowest BCUT2D eigenvalue weighted by atomic mass is 10.1. The van der Waals surface area contributed by atoms with Crippen LogP contribution in [-0.4, -0.2) is 24.2 Å². The number of nitrogens with one attached hydrogen (secondary N) is 1. The Labute approximate surface area is 95.6 Å². The third kappa shape index (κ3) is 3.90. The monoisotopic (exact) mass is 222 g/mol. The van der Waals surface area contributed by atoms with Crippen LogP contribution in [0.15, 0.2) is 24.3 Å². The smallest absolute Gasteiger partial charge is 0.122 e. The van der Waals surface area contributed by atoms with Crippen LogP contribution in [0.3, 0.4) is 0 Å². The van der Waals surface area contributed by atoms with Crippen LogP contribution < -0.4 is 10.5 Å². The predicted octanol–water partition coefficient (Wildman–Crippen LogP) is 1.37. The third-order valence-corrected chi connectivity index (χ3v) is 2.32. The van der Waals surface area contributed by atoms with Gasteiger partial charge in [-0.25, -0.2) is 0 Å². The highest BCUT2D eigenvalue weighted by Gasteiger charge is 2.03. The summed E-state index contributed by atoms with van der Waals surface area (Å²) in [6.07, 6.45) is 0.742. The number of amidine groups is 1. The molecule has 0 fully saturated rings. The largest absolute Gasteiger partial charge is 0.493 e. The van der Waals surface area contributed by atoms with Crippen LogP contribution in [0.25, 0.3) is 0 Å². The average molecular weight is 222 g/mol. The Morgan fingerprint density at radius 3 is 2.56 bits per heavy atom. The Morgan fingerprint density at radius 2 is 2.06 bits per heavy atom. The van der Waals surface area contributed by atoms with E-state index >= 15 is 0 Å². The summed E-state index contributed by atoms with van der Waals surface area (Å²) in [6, 6.07) is 7.10. The molecule has 0 aliphatic rings. The molecule has 0 aliphatic heterocycles. The molecule has 0 bridgehead atoms.